The van der Waals surface area contributed by atoms with Crippen LogP contribution in [0.2, 0.25) is 5.02 Å². The summed E-state index contributed by atoms with van der Waals surface area (Å²) in [4.78, 5) is 11.4. The molecular weight excluding hydrogens is 400 g/mol. The highest BCUT2D eigenvalue weighted by atomic mass is 35.5. The fraction of sp³-hybridized carbons (Fsp3) is 0.304. The molecule has 0 aliphatic carbocycles. The molecule has 6 nitrogen and oxygen atoms in total. The zero-order valence-corrected chi connectivity index (χ0v) is 18.1. The van der Waals surface area contributed by atoms with E-state index in [1.165, 1.54) is 0 Å². The Kier molecular flexibility index (Phi) is 5.90. The van der Waals surface area contributed by atoms with Gasteiger partial charge in [-0.15, -0.1) is 0 Å². The third kappa shape index (κ3) is 3.86. The second kappa shape index (κ2) is 8.60. The van der Waals surface area contributed by atoms with Gasteiger partial charge in [0.25, 0.3) is 0 Å². The van der Waals surface area contributed by atoms with E-state index < -0.39 is 0 Å². The Morgan fingerprint density at radius 1 is 1.17 bits per heavy atom. The van der Waals surface area contributed by atoms with E-state index in [-0.39, 0.29) is 6.10 Å². The first-order valence-corrected chi connectivity index (χ1v) is 10.3. The average Bonchev–Trinajstić information content (AvgIpc) is 2.73. The summed E-state index contributed by atoms with van der Waals surface area (Å²) in [7, 11) is 3.47. The number of benzene rings is 2. The average molecular weight is 425 g/mol. The van der Waals surface area contributed by atoms with Gasteiger partial charge in [-0.2, -0.15) is 0 Å². The molecule has 2 aromatic carbocycles. The van der Waals surface area contributed by atoms with Gasteiger partial charge in [0.05, 0.1) is 35.8 Å². The highest BCUT2D eigenvalue weighted by molar-refractivity contribution is 6.36. The lowest BCUT2D eigenvalue weighted by atomic mass is 9.94. The van der Waals surface area contributed by atoms with Gasteiger partial charge in [-0.1, -0.05) is 41.9 Å². The molecule has 0 atom stereocenters. The molecule has 1 aromatic heterocycles. The number of ether oxygens (including phenoxy) is 1. The van der Waals surface area contributed by atoms with Gasteiger partial charge < -0.3 is 15.2 Å². The second-order valence-electron chi connectivity index (χ2n) is 7.45. The normalized spacial score (nSPS) is 14.4. The third-order valence-electron chi connectivity index (χ3n) is 5.48. The van der Waals surface area contributed by atoms with Gasteiger partial charge in [0.15, 0.2) is 0 Å². The van der Waals surface area contributed by atoms with Crippen molar-refractivity contribution in [3.8, 4) is 28.3 Å². The van der Waals surface area contributed by atoms with E-state index in [2.05, 4.69) is 28.2 Å². The molecular formula is C23H25ClN4O2. The molecule has 156 valence electrons. The summed E-state index contributed by atoms with van der Waals surface area (Å²) in [6.07, 6.45) is 1.54. The number of aliphatic hydroxyl groups is 1. The minimum Gasteiger partial charge on any atom is -0.480 e. The van der Waals surface area contributed by atoms with E-state index in [9.17, 15) is 5.11 Å². The second-order valence-corrected chi connectivity index (χ2v) is 7.83. The Labute approximate surface area is 181 Å². The molecule has 4 rings (SSSR count). The van der Waals surface area contributed by atoms with Crippen molar-refractivity contribution in [1.29, 1.82) is 0 Å². The predicted molar refractivity (Wildman–Crippen MR) is 120 cm³/mol. The van der Waals surface area contributed by atoms with E-state index in [4.69, 9.17) is 21.3 Å². The summed E-state index contributed by atoms with van der Waals surface area (Å²) in [5.74, 6) is 0.508. The first-order chi connectivity index (χ1) is 14.5. The number of hydrogen-bond donors (Lipinski definition) is 2. The lowest BCUT2D eigenvalue weighted by Gasteiger charge is -2.35. The fourth-order valence-electron chi connectivity index (χ4n) is 3.82. The van der Waals surface area contributed by atoms with Gasteiger partial charge in [0, 0.05) is 37.8 Å². The van der Waals surface area contributed by atoms with Gasteiger partial charge in [0.2, 0.25) is 5.88 Å². The topological polar surface area (TPSA) is 70.5 Å². The number of aromatic nitrogens is 2. The largest absolute Gasteiger partial charge is 0.480 e. The van der Waals surface area contributed by atoms with Crippen LogP contribution in [0.4, 0.5) is 5.69 Å². The van der Waals surface area contributed by atoms with E-state index in [1.54, 1.807) is 13.3 Å². The summed E-state index contributed by atoms with van der Waals surface area (Å²) in [6.45, 7) is 3.98. The smallest absolute Gasteiger partial charge is 0.237 e. The van der Waals surface area contributed by atoms with Crippen molar-refractivity contribution >= 4 is 17.3 Å². The first kappa shape index (κ1) is 20.6. The number of hydrogen-bond acceptors (Lipinski definition) is 6. The molecule has 3 aromatic rings. The molecule has 2 N–H and O–H groups in total. The van der Waals surface area contributed by atoms with Crippen molar-refractivity contribution in [2.24, 2.45) is 0 Å². The van der Waals surface area contributed by atoms with E-state index in [1.807, 2.05) is 37.4 Å². The van der Waals surface area contributed by atoms with Crippen molar-refractivity contribution in [1.82, 2.24) is 14.9 Å². The first-order valence-electron chi connectivity index (χ1n) is 9.88. The molecule has 0 radical (unpaired) electrons. The molecule has 0 bridgehead atoms. The number of nitrogens with zero attached hydrogens (tertiary/aromatic N) is 3. The zero-order chi connectivity index (χ0) is 21.3. The number of nitrogens with one attached hydrogen (secondary N) is 1. The number of methoxy groups -OCH3 is 1. The highest BCUT2D eigenvalue weighted by Crippen LogP contribution is 2.38. The Hall–Kier alpha value is -2.67. The number of likely N-dealkylation sites (tertiary alicyclic amines) is 1. The van der Waals surface area contributed by atoms with Crippen molar-refractivity contribution in [3.05, 3.63) is 58.9 Å². The van der Waals surface area contributed by atoms with Crippen LogP contribution in [0.15, 0.2) is 42.6 Å². The molecule has 0 saturated carbocycles. The van der Waals surface area contributed by atoms with Gasteiger partial charge >= 0.3 is 0 Å². The van der Waals surface area contributed by atoms with Crippen LogP contribution < -0.4 is 10.1 Å². The van der Waals surface area contributed by atoms with Crippen LogP contribution in [0.5, 0.6) is 5.88 Å². The van der Waals surface area contributed by atoms with Gasteiger partial charge in [-0.3, -0.25) is 9.88 Å². The molecule has 0 amide bonds. The minimum absolute atomic E-state index is 0.248. The lowest BCUT2D eigenvalue weighted by Crippen LogP contribution is -2.50. The number of halogens is 1. The lowest BCUT2D eigenvalue weighted by molar-refractivity contribution is -0.00402. The van der Waals surface area contributed by atoms with Crippen molar-refractivity contribution in [2.45, 2.75) is 19.6 Å². The van der Waals surface area contributed by atoms with Crippen molar-refractivity contribution in [3.63, 3.8) is 0 Å². The van der Waals surface area contributed by atoms with Gasteiger partial charge in [0.1, 0.15) is 5.69 Å². The van der Waals surface area contributed by atoms with E-state index >= 15 is 0 Å². The predicted octanol–water partition coefficient (Wildman–Crippen LogP) is 4.00. The quantitative estimate of drug-likeness (QED) is 0.623. The van der Waals surface area contributed by atoms with Crippen molar-refractivity contribution < 1.29 is 9.84 Å². The standard InChI is InChI=1S/C23H25ClN4O2/c1-14-16(18-8-5-9-19(25-2)22(18)24)6-4-7-17(14)20-10-26-21(23(27-20)30-3)13-28-11-15(29)12-28/h4-10,15,25,29H,11-13H2,1-3H3. The Morgan fingerprint density at radius 2 is 1.87 bits per heavy atom. The van der Waals surface area contributed by atoms with Crippen LogP contribution in [0.3, 0.4) is 0 Å². The maximum Gasteiger partial charge on any atom is 0.237 e. The number of anilines is 1. The number of aliphatic hydroxyl groups excluding tert-OH is 1. The highest BCUT2D eigenvalue weighted by Gasteiger charge is 2.26. The summed E-state index contributed by atoms with van der Waals surface area (Å²) in [5, 5.41) is 13.3. The van der Waals surface area contributed by atoms with Gasteiger partial charge in [-0.25, -0.2) is 4.98 Å². The molecule has 0 unspecified atom stereocenters. The maximum atomic E-state index is 9.50. The van der Waals surface area contributed by atoms with Crippen LogP contribution in [0.25, 0.3) is 22.4 Å². The summed E-state index contributed by atoms with van der Waals surface area (Å²) in [6, 6.07) is 12.1. The number of β-amino-alcohol motifs (C(OH)–C–C–N with tert-alkyl or cyclic N) is 1. The van der Waals surface area contributed by atoms with Crippen LogP contribution >= 0.6 is 11.6 Å². The molecule has 0 spiro atoms. The van der Waals surface area contributed by atoms with Gasteiger partial charge in [-0.05, 0) is 24.1 Å². The monoisotopic (exact) mass is 424 g/mol. The molecule has 2 heterocycles. The SMILES string of the molecule is CNc1cccc(-c2cccc(-c3cnc(CN4CC(O)C4)c(OC)n3)c2C)c1Cl. The van der Waals surface area contributed by atoms with E-state index in [0.717, 1.165) is 39.3 Å². The van der Waals surface area contributed by atoms with Crippen LogP contribution in [0.1, 0.15) is 11.3 Å². The molecule has 1 saturated heterocycles. The summed E-state index contributed by atoms with van der Waals surface area (Å²) < 4.78 is 5.52. The van der Waals surface area contributed by atoms with Crippen molar-refractivity contribution in [2.75, 3.05) is 32.6 Å². The Balaban J connectivity index is 1.70. The Morgan fingerprint density at radius 3 is 2.57 bits per heavy atom. The fourth-order valence-corrected chi connectivity index (χ4v) is 4.14. The van der Waals surface area contributed by atoms with Crippen LogP contribution in [0, 0.1) is 6.92 Å². The minimum atomic E-state index is -0.248. The van der Waals surface area contributed by atoms with Crippen LogP contribution in [-0.4, -0.2) is 53.3 Å². The summed E-state index contributed by atoms with van der Waals surface area (Å²) >= 11 is 6.63. The zero-order valence-electron chi connectivity index (χ0n) is 17.3. The van der Waals surface area contributed by atoms with Crippen LogP contribution in [-0.2, 0) is 6.54 Å². The molecule has 1 fully saturated rings. The number of rotatable bonds is 6. The molecule has 30 heavy (non-hydrogen) atoms. The third-order valence-corrected chi connectivity index (χ3v) is 5.89. The molecule has 1 aliphatic rings. The molecule has 1 aliphatic heterocycles. The summed E-state index contributed by atoms with van der Waals surface area (Å²) in [5.41, 5.74) is 6.48. The molecule has 7 heteroatoms. The maximum absolute atomic E-state index is 9.50. The Bertz CT molecular complexity index is 1070. The van der Waals surface area contributed by atoms with E-state index in [0.29, 0.717) is 30.5 Å².